The molecule has 0 atom stereocenters. The van der Waals surface area contributed by atoms with Crippen molar-refractivity contribution in [2.75, 3.05) is 20.1 Å². The van der Waals surface area contributed by atoms with Gasteiger partial charge in [0.25, 0.3) is 0 Å². The molecule has 2 aromatic rings. The van der Waals surface area contributed by atoms with Gasteiger partial charge in [0.1, 0.15) is 0 Å². The van der Waals surface area contributed by atoms with Gasteiger partial charge in [-0.2, -0.15) is 0 Å². The van der Waals surface area contributed by atoms with Gasteiger partial charge in [-0.05, 0) is 48.2 Å². The Hall–Kier alpha value is -1.31. The van der Waals surface area contributed by atoms with Gasteiger partial charge in [-0.3, -0.25) is 4.79 Å². The molecule has 0 aliphatic carbocycles. The van der Waals surface area contributed by atoms with Crippen LogP contribution in [0.2, 0.25) is 15.1 Å². The van der Waals surface area contributed by atoms with E-state index in [4.69, 9.17) is 34.8 Å². The highest BCUT2D eigenvalue weighted by Crippen LogP contribution is 2.27. The largest absolute Gasteiger partial charge is 0.341 e. The van der Waals surface area contributed by atoms with E-state index in [2.05, 4.69) is 0 Å². The number of carbonyl (C=O) groups is 1. The molecular weight excluding hydrogens is 467 g/mol. The maximum atomic E-state index is 12.8. The molecule has 0 spiro atoms. The first-order valence-corrected chi connectivity index (χ1v) is 12.3. The molecule has 9 heteroatoms. The molecule has 2 aromatic carbocycles. The van der Waals surface area contributed by atoms with Crippen LogP contribution in [0.4, 0.5) is 0 Å². The lowest BCUT2D eigenvalue weighted by Crippen LogP contribution is -2.43. The zero-order valence-electron chi connectivity index (χ0n) is 16.5. The van der Waals surface area contributed by atoms with Gasteiger partial charge in [0.2, 0.25) is 15.9 Å². The average molecular weight is 490 g/mol. The van der Waals surface area contributed by atoms with Gasteiger partial charge in [-0.15, -0.1) is 0 Å². The van der Waals surface area contributed by atoms with Crippen molar-refractivity contribution in [3.63, 3.8) is 0 Å². The number of amides is 1. The summed E-state index contributed by atoms with van der Waals surface area (Å²) in [4.78, 5) is 14.5. The number of carbonyl (C=O) groups excluding carboxylic acids is 1. The summed E-state index contributed by atoms with van der Waals surface area (Å²) in [6.07, 6.45) is 0.995. The Morgan fingerprint density at radius 1 is 1.03 bits per heavy atom. The maximum Gasteiger partial charge on any atom is 0.225 e. The van der Waals surface area contributed by atoms with Crippen LogP contribution in [0.3, 0.4) is 0 Å². The quantitative estimate of drug-likeness (QED) is 0.583. The highest BCUT2D eigenvalue weighted by Gasteiger charge is 2.32. The van der Waals surface area contributed by atoms with Crippen LogP contribution in [0.1, 0.15) is 24.0 Å². The molecule has 0 aromatic heterocycles. The lowest BCUT2D eigenvalue weighted by atomic mass is 9.96. The summed E-state index contributed by atoms with van der Waals surface area (Å²) >= 11 is 17.9. The molecule has 3 rings (SSSR count). The SMILES string of the molecule is CN(Cc1ccc(Cl)cc1)C(=O)C1CCN(S(=O)(=O)Cc2ccc(Cl)cc2Cl)CC1. The maximum absolute atomic E-state index is 12.8. The van der Waals surface area contributed by atoms with Crippen molar-refractivity contribution in [2.45, 2.75) is 25.1 Å². The fraction of sp³-hybridized carbons (Fsp3) is 0.381. The molecule has 0 radical (unpaired) electrons. The molecule has 0 unspecified atom stereocenters. The van der Waals surface area contributed by atoms with Crippen molar-refractivity contribution in [3.8, 4) is 0 Å². The number of sulfonamides is 1. The van der Waals surface area contributed by atoms with Crippen LogP contribution in [-0.2, 0) is 27.1 Å². The first-order valence-electron chi connectivity index (χ1n) is 9.57. The molecule has 0 N–H and O–H groups in total. The summed E-state index contributed by atoms with van der Waals surface area (Å²) in [6, 6.07) is 12.2. The number of piperidine rings is 1. The summed E-state index contributed by atoms with van der Waals surface area (Å²) in [5.41, 5.74) is 1.51. The molecule has 5 nitrogen and oxygen atoms in total. The van der Waals surface area contributed by atoms with Crippen LogP contribution >= 0.6 is 34.8 Å². The molecule has 0 bridgehead atoms. The van der Waals surface area contributed by atoms with E-state index >= 15 is 0 Å². The lowest BCUT2D eigenvalue weighted by molar-refractivity contribution is -0.135. The normalized spacial score (nSPS) is 15.9. The summed E-state index contributed by atoms with van der Waals surface area (Å²) < 4.78 is 27.0. The average Bonchev–Trinajstić information content (AvgIpc) is 2.71. The number of halogens is 3. The summed E-state index contributed by atoms with van der Waals surface area (Å²) in [5, 5.41) is 1.45. The van der Waals surface area contributed by atoms with Crippen LogP contribution in [-0.4, -0.2) is 43.7 Å². The van der Waals surface area contributed by atoms with Gasteiger partial charge in [0.05, 0.1) is 5.75 Å². The van der Waals surface area contributed by atoms with E-state index < -0.39 is 10.0 Å². The highest BCUT2D eigenvalue weighted by molar-refractivity contribution is 7.88. The number of benzene rings is 2. The highest BCUT2D eigenvalue weighted by atomic mass is 35.5. The number of hydrogen-bond acceptors (Lipinski definition) is 3. The van der Waals surface area contributed by atoms with Crippen molar-refractivity contribution in [2.24, 2.45) is 5.92 Å². The van der Waals surface area contributed by atoms with E-state index in [1.54, 1.807) is 36.2 Å². The Labute approximate surface area is 192 Å². The third-order valence-corrected chi connectivity index (χ3v) is 7.93. The monoisotopic (exact) mass is 488 g/mol. The summed E-state index contributed by atoms with van der Waals surface area (Å²) in [5.74, 6) is -0.339. The van der Waals surface area contributed by atoms with Crippen molar-refractivity contribution < 1.29 is 13.2 Å². The first kappa shape index (κ1) is 23.4. The molecule has 1 aliphatic rings. The minimum atomic E-state index is -3.53. The summed E-state index contributed by atoms with van der Waals surface area (Å²) in [7, 11) is -1.76. The topological polar surface area (TPSA) is 57.7 Å². The van der Waals surface area contributed by atoms with Gasteiger partial charge in [-0.25, -0.2) is 12.7 Å². The van der Waals surface area contributed by atoms with Crippen LogP contribution in [0.15, 0.2) is 42.5 Å². The van der Waals surface area contributed by atoms with Crippen molar-refractivity contribution in [3.05, 3.63) is 68.7 Å². The minimum absolute atomic E-state index is 0.0303. The molecule has 0 saturated carbocycles. The fourth-order valence-corrected chi connectivity index (χ4v) is 5.84. The third kappa shape index (κ3) is 5.89. The molecule has 1 heterocycles. The molecule has 30 heavy (non-hydrogen) atoms. The van der Waals surface area contributed by atoms with Gasteiger partial charge < -0.3 is 4.90 Å². The minimum Gasteiger partial charge on any atom is -0.341 e. The standard InChI is InChI=1S/C21H23Cl3N2O3S/c1-25(13-15-2-5-18(22)6-3-15)21(27)16-8-10-26(11-9-16)30(28,29)14-17-4-7-19(23)12-20(17)24/h2-7,12,16H,8-11,13-14H2,1H3. The van der Waals surface area contributed by atoms with E-state index in [-0.39, 0.29) is 17.6 Å². The Morgan fingerprint density at radius 3 is 2.23 bits per heavy atom. The molecule has 1 amide bonds. The Morgan fingerprint density at radius 2 is 1.63 bits per heavy atom. The van der Waals surface area contributed by atoms with E-state index in [9.17, 15) is 13.2 Å². The van der Waals surface area contributed by atoms with Crippen molar-refractivity contribution in [1.29, 1.82) is 0 Å². The number of nitrogens with zero attached hydrogens (tertiary/aromatic N) is 2. The molecule has 1 fully saturated rings. The van der Waals surface area contributed by atoms with Crippen molar-refractivity contribution in [1.82, 2.24) is 9.21 Å². The van der Waals surface area contributed by atoms with Crippen LogP contribution in [0.25, 0.3) is 0 Å². The van der Waals surface area contributed by atoms with Crippen LogP contribution in [0.5, 0.6) is 0 Å². The van der Waals surface area contributed by atoms with E-state index in [1.165, 1.54) is 10.4 Å². The summed E-state index contributed by atoms with van der Waals surface area (Å²) in [6.45, 7) is 1.13. The number of rotatable bonds is 6. The fourth-order valence-electron chi connectivity index (χ4n) is 3.56. The Bertz CT molecular complexity index is 1000. The predicted octanol–water partition coefficient (Wildman–Crippen LogP) is 4.85. The third-order valence-electron chi connectivity index (χ3n) is 5.26. The zero-order valence-corrected chi connectivity index (χ0v) is 19.6. The first-order chi connectivity index (χ1) is 14.2. The van der Waals surface area contributed by atoms with E-state index in [0.29, 0.717) is 53.1 Å². The van der Waals surface area contributed by atoms with E-state index in [0.717, 1.165) is 5.56 Å². The second-order valence-corrected chi connectivity index (χ2v) is 10.7. The van der Waals surface area contributed by atoms with Crippen LogP contribution < -0.4 is 0 Å². The van der Waals surface area contributed by atoms with E-state index in [1.807, 2.05) is 12.1 Å². The molecule has 162 valence electrons. The van der Waals surface area contributed by atoms with Gasteiger partial charge in [0, 0.05) is 47.7 Å². The van der Waals surface area contributed by atoms with Gasteiger partial charge in [0.15, 0.2) is 0 Å². The molecular formula is C21H23Cl3N2O3S. The lowest BCUT2D eigenvalue weighted by Gasteiger charge is -2.32. The molecule has 1 saturated heterocycles. The smallest absolute Gasteiger partial charge is 0.225 e. The van der Waals surface area contributed by atoms with Crippen molar-refractivity contribution >= 4 is 50.7 Å². The molecule has 1 aliphatic heterocycles. The van der Waals surface area contributed by atoms with Crippen LogP contribution in [0, 0.1) is 5.92 Å². The second-order valence-electron chi connectivity index (χ2n) is 7.49. The predicted molar refractivity (Wildman–Crippen MR) is 121 cm³/mol. The zero-order chi connectivity index (χ0) is 21.9. The van der Waals surface area contributed by atoms with Gasteiger partial charge >= 0.3 is 0 Å². The van der Waals surface area contributed by atoms with Gasteiger partial charge in [-0.1, -0.05) is 53.0 Å². The Kier molecular flexibility index (Phi) is 7.69. The number of hydrogen-bond donors (Lipinski definition) is 0. The second kappa shape index (κ2) is 9.88. The Balaban J connectivity index is 1.56.